The standard InChI is InChI=1S/C12H16N2O/c1-14(2)10-6-9-12(15)13-11-7-4-3-5-8-11/h3-9H,10H2,1-2H3,(H,13,15). The third-order valence-corrected chi connectivity index (χ3v) is 1.78. The molecule has 0 saturated carbocycles. The summed E-state index contributed by atoms with van der Waals surface area (Å²) in [4.78, 5) is 13.4. The normalized spacial score (nSPS) is 10.9. The van der Waals surface area contributed by atoms with Gasteiger partial charge in [-0.2, -0.15) is 0 Å². The van der Waals surface area contributed by atoms with Crippen LogP contribution in [0.25, 0.3) is 0 Å². The van der Waals surface area contributed by atoms with Crippen molar-refractivity contribution in [2.75, 3.05) is 26.0 Å². The van der Waals surface area contributed by atoms with Crippen molar-refractivity contribution in [3.05, 3.63) is 42.5 Å². The number of carbonyl (C=O) groups is 1. The number of amides is 1. The van der Waals surface area contributed by atoms with E-state index in [0.29, 0.717) is 0 Å². The van der Waals surface area contributed by atoms with Gasteiger partial charge in [-0.3, -0.25) is 4.79 Å². The van der Waals surface area contributed by atoms with Crippen molar-refractivity contribution in [3.63, 3.8) is 0 Å². The first kappa shape index (κ1) is 11.5. The van der Waals surface area contributed by atoms with E-state index in [2.05, 4.69) is 5.32 Å². The molecule has 0 atom stereocenters. The first-order chi connectivity index (χ1) is 7.18. The summed E-state index contributed by atoms with van der Waals surface area (Å²) >= 11 is 0. The summed E-state index contributed by atoms with van der Waals surface area (Å²) in [6.45, 7) is 0.766. The van der Waals surface area contributed by atoms with E-state index in [1.165, 1.54) is 0 Å². The molecular weight excluding hydrogens is 188 g/mol. The molecule has 3 heteroatoms. The predicted octanol–water partition coefficient (Wildman–Crippen LogP) is 1.74. The Balaban J connectivity index is 2.40. The van der Waals surface area contributed by atoms with Crippen molar-refractivity contribution in [2.24, 2.45) is 0 Å². The van der Waals surface area contributed by atoms with E-state index in [1.807, 2.05) is 55.4 Å². The molecule has 0 saturated heterocycles. The number of carbonyl (C=O) groups excluding carboxylic acids is 1. The van der Waals surface area contributed by atoms with Gasteiger partial charge in [0, 0.05) is 18.3 Å². The smallest absolute Gasteiger partial charge is 0.248 e. The van der Waals surface area contributed by atoms with Gasteiger partial charge in [0.2, 0.25) is 5.91 Å². The molecule has 0 radical (unpaired) electrons. The minimum absolute atomic E-state index is 0.0944. The van der Waals surface area contributed by atoms with Gasteiger partial charge in [0.15, 0.2) is 0 Å². The van der Waals surface area contributed by atoms with E-state index in [0.717, 1.165) is 12.2 Å². The fourth-order valence-electron chi connectivity index (χ4n) is 1.08. The predicted molar refractivity (Wildman–Crippen MR) is 62.8 cm³/mol. The van der Waals surface area contributed by atoms with Gasteiger partial charge in [0.1, 0.15) is 0 Å². The summed E-state index contributed by atoms with van der Waals surface area (Å²) in [5.74, 6) is -0.0944. The molecule has 15 heavy (non-hydrogen) atoms. The Morgan fingerprint density at radius 2 is 2.00 bits per heavy atom. The fraction of sp³-hybridized carbons (Fsp3) is 0.250. The van der Waals surface area contributed by atoms with Crippen LogP contribution in [0, 0.1) is 0 Å². The Morgan fingerprint density at radius 3 is 2.60 bits per heavy atom. The van der Waals surface area contributed by atoms with Crippen molar-refractivity contribution < 1.29 is 4.79 Å². The molecule has 0 aliphatic carbocycles. The van der Waals surface area contributed by atoms with Crippen LogP contribution in [0.3, 0.4) is 0 Å². The van der Waals surface area contributed by atoms with Crippen LogP contribution in [-0.2, 0) is 4.79 Å². The summed E-state index contributed by atoms with van der Waals surface area (Å²) < 4.78 is 0. The number of likely N-dealkylation sites (N-methyl/N-ethyl adjacent to an activating group) is 1. The highest BCUT2D eigenvalue weighted by molar-refractivity contribution is 5.99. The van der Waals surface area contributed by atoms with E-state index in [4.69, 9.17) is 0 Å². The molecule has 0 heterocycles. The lowest BCUT2D eigenvalue weighted by Gasteiger charge is -2.04. The number of hydrogen-bond donors (Lipinski definition) is 1. The number of nitrogens with one attached hydrogen (secondary N) is 1. The lowest BCUT2D eigenvalue weighted by Crippen LogP contribution is -2.12. The lowest BCUT2D eigenvalue weighted by atomic mass is 10.3. The minimum Gasteiger partial charge on any atom is -0.323 e. The Labute approximate surface area is 90.4 Å². The molecule has 1 amide bonds. The number of rotatable bonds is 4. The topological polar surface area (TPSA) is 32.3 Å². The van der Waals surface area contributed by atoms with Gasteiger partial charge in [0.25, 0.3) is 0 Å². The summed E-state index contributed by atoms with van der Waals surface area (Å²) in [7, 11) is 3.92. The molecule has 0 fully saturated rings. The van der Waals surface area contributed by atoms with Crippen LogP contribution in [0.2, 0.25) is 0 Å². The SMILES string of the molecule is CN(C)CC=CC(=O)Nc1ccccc1. The first-order valence-electron chi connectivity index (χ1n) is 4.86. The van der Waals surface area contributed by atoms with E-state index in [1.54, 1.807) is 6.08 Å². The van der Waals surface area contributed by atoms with Crippen LogP contribution >= 0.6 is 0 Å². The van der Waals surface area contributed by atoms with Crippen LogP contribution in [-0.4, -0.2) is 31.4 Å². The maximum absolute atomic E-state index is 11.4. The molecule has 3 nitrogen and oxygen atoms in total. The summed E-state index contributed by atoms with van der Waals surface area (Å²) in [6.07, 6.45) is 3.38. The molecule has 1 aromatic carbocycles. The lowest BCUT2D eigenvalue weighted by molar-refractivity contribution is -0.111. The molecular formula is C12H16N2O. The van der Waals surface area contributed by atoms with Gasteiger partial charge in [-0.15, -0.1) is 0 Å². The molecule has 0 bridgehead atoms. The summed E-state index contributed by atoms with van der Waals surface area (Å²) in [5.41, 5.74) is 0.817. The molecule has 80 valence electrons. The molecule has 0 aromatic heterocycles. The highest BCUT2D eigenvalue weighted by Gasteiger charge is 1.95. The van der Waals surface area contributed by atoms with Crippen LogP contribution in [0.5, 0.6) is 0 Å². The molecule has 1 rings (SSSR count). The average molecular weight is 204 g/mol. The zero-order valence-electron chi connectivity index (χ0n) is 9.10. The Bertz CT molecular complexity index is 331. The third-order valence-electron chi connectivity index (χ3n) is 1.78. The highest BCUT2D eigenvalue weighted by Crippen LogP contribution is 2.04. The van der Waals surface area contributed by atoms with Crippen molar-refractivity contribution in [1.82, 2.24) is 4.90 Å². The number of nitrogens with zero attached hydrogens (tertiary/aromatic N) is 1. The van der Waals surface area contributed by atoms with E-state index in [-0.39, 0.29) is 5.91 Å². The number of anilines is 1. The summed E-state index contributed by atoms with van der Waals surface area (Å²) in [6, 6.07) is 9.41. The van der Waals surface area contributed by atoms with Gasteiger partial charge in [0.05, 0.1) is 0 Å². The number of hydrogen-bond acceptors (Lipinski definition) is 2. The van der Waals surface area contributed by atoms with Gasteiger partial charge >= 0.3 is 0 Å². The minimum atomic E-state index is -0.0944. The second kappa shape index (κ2) is 5.98. The van der Waals surface area contributed by atoms with Gasteiger partial charge in [-0.05, 0) is 26.2 Å². The Kier molecular flexibility index (Phi) is 4.57. The van der Waals surface area contributed by atoms with Gasteiger partial charge < -0.3 is 10.2 Å². The zero-order chi connectivity index (χ0) is 11.1. The molecule has 0 aliphatic heterocycles. The van der Waals surface area contributed by atoms with E-state index in [9.17, 15) is 4.79 Å². The maximum Gasteiger partial charge on any atom is 0.248 e. The van der Waals surface area contributed by atoms with Crippen LogP contribution in [0.1, 0.15) is 0 Å². The first-order valence-corrected chi connectivity index (χ1v) is 4.86. The molecule has 1 N–H and O–H groups in total. The van der Waals surface area contributed by atoms with Gasteiger partial charge in [-0.1, -0.05) is 24.3 Å². The molecule has 0 aliphatic rings. The second-order valence-electron chi connectivity index (χ2n) is 3.52. The molecule has 1 aromatic rings. The van der Waals surface area contributed by atoms with Crippen LogP contribution < -0.4 is 5.32 Å². The van der Waals surface area contributed by atoms with Gasteiger partial charge in [-0.25, -0.2) is 0 Å². The van der Waals surface area contributed by atoms with Crippen LogP contribution in [0.15, 0.2) is 42.5 Å². The second-order valence-corrected chi connectivity index (χ2v) is 3.52. The van der Waals surface area contributed by atoms with Crippen LogP contribution in [0.4, 0.5) is 5.69 Å². The largest absolute Gasteiger partial charge is 0.323 e. The van der Waals surface area contributed by atoms with Crippen molar-refractivity contribution in [3.8, 4) is 0 Å². The summed E-state index contributed by atoms with van der Waals surface area (Å²) in [5, 5.41) is 2.77. The van der Waals surface area contributed by atoms with Crippen molar-refractivity contribution in [1.29, 1.82) is 0 Å². The molecule has 0 spiro atoms. The van der Waals surface area contributed by atoms with E-state index >= 15 is 0 Å². The fourth-order valence-corrected chi connectivity index (χ4v) is 1.08. The Hall–Kier alpha value is -1.61. The average Bonchev–Trinajstić information content (AvgIpc) is 2.18. The highest BCUT2D eigenvalue weighted by atomic mass is 16.1. The van der Waals surface area contributed by atoms with E-state index < -0.39 is 0 Å². The monoisotopic (exact) mass is 204 g/mol. The Morgan fingerprint density at radius 1 is 1.33 bits per heavy atom. The van der Waals surface area contributed by atoms with Crippen molar-refractivity contribution in [2.45, 2.75) is 0 Å². The maximum atomic E-state index is 11.4. The quantitative estimate of drug-likeness (QED) is 0.758. The molecule has 0 unspecified atom stereocenters. The zero-order valence-corrected chi connectivity index (χ0v) is 9.10. The number of benzene rings is 1. The number of para-hydroxylation sites is 1. The third kappa shape index (κ3) is 4.98. The van der Waals surface area contributed by atoms with Crippen molar-refractivity contribution >= 4 is 11.6 Å².